The summed E-state index contributed by atoms with van der Waals surface area (Å²) < 4.78 is 36.3. The van der Waals surface area contributed by atoms with Gasteiger partial charge in [-0.1, -0.05) is 68.4 Å². The van der Waals surface area contributed by atoms with Crippen molar-refractivity contribution >= 4 is 62.6 Å². The number of aliphatic hydroxyl groups is 1. The number of fused-ring (bicyclic) bond motifs is 5. The Morgan fingerprint density at radius 1 is 0.943 bits per heavy atom. The third kappa shape index (κ3) is 11.2. The number of piperazine rings is 2. The zero-order valence-corrected chi connectivity index (χ0v) is 51.9. The number of halogens is 1. The molecule has 4 aromatic heterocycles. The van der Waals surface area contributed by atoms with Gasteiger partial charge in [-0.3, -0.25) is 19.5 Å². The number of hydrogen-bond acceptors (Lipinski definition) is 18. The van der Waals surface area contributed by atoms with Gasteiger partial charge in [-0.25, -0.2) is 14.2 Å². The molecule has 2 unspecified atom stereocenters. The molecule has 6 fully saturated rings. The fraction of sp³-hybridized carbons (Fsp3) is 0.515. The number of nitrogens with one attached hydrogen (secondary N) is 2. The Morgan fingerprint density at radius 3 is 2.49 bits per heavy atom. The normalized spacial score (nSPS) is 25.3. The first-order valence-corrected chi connectivity index (χ1v) is 32.3. The molecule has 88 heavy (non-hydrogen) atoms. The van der Waals surface area contributed by atoms with Gasteiger partial charge in [-0.2, -0.15) is 9.97 Å². The number of thiazole rings is 1. The van der Waals surface area contributed by atoms with Crippen LogP contribution in [-0.4, -0.2) is 168 Å². The third-order valence-electron chi connectivity index (χ3n) is 19.7. The average molecular weight is 1220 g/mol. The van der Waals surface area contributed by atoms with Crippen LogP contribution in [0.15, 0.2) is 76.9 Å². The van der Waals surface area contributed by atoms with Crippen molar-refractivity contribution in [1.29, 1.82) is 0 Å². The molecule has 6 aliphatic heterocycles. The molecule has 20 nitrogen and oxygen atoms in total. The lowest BCUT2D eigenvalue weighted by molar-refractivity contribution is -0.141. The average Bonchev–Trinajstić information content (AvgIpc) is 1.05. The first kappa shape index (κ1) is 59.4. The number of aromatic hydroxyl groups is 1. The molecule has 22 heteroatoms. The number of β-amino-alcohol motifs (C(OH)–C–C–N with tert-alkyl or cyclic N) is 1. The van der Waals surface area contributed by atoms with E-state index in [4.69, 9.17) is 28.9 Å². The van der Waals surface area contributed by atoms with E-state index in [0.717, 1.165) is 83.1 Å². The van der Waals surface area contributed by atoms with E-state index in [2.05, 4.69) is 42.4 Å². The highest BCUT2D eigenvalue weighted by molar-refractivity contribution is 7.13. The maximum absolute atomic E-state index is 17.4. The van der Waals surface area contributed by atoms with Gasteiger partial charge in [0.15, 0.2) is 17.4 Å². The van der Waals surface area contributed by atoms with E-state index in [1.165, 1.54) is 4.90 Å². The zero-order valence-electron chi connectivity index (χ0n) is 51.1. The summed E-state index contributed by atoms with van der Waals surface area (Å²) in [5, 5.41) is 35.2. The topological polar surface area (TPSA) is 228 Å². The molecule has 10 atom stereocenters. The molecule has 4 N–H and O–H groups in total. The molecular formula is C66H79FN12O8S. The number of aliphatic hydroxyl groups excluding tert-OH is 1. The van der Waals surface area contributed by atoms with Crippen LogP contribution in [0.25, 0.3) is 43.4 Å². The van der Waals surface area contributed by atoms with Crippen LogP contribution in [0, 0.1) is 18.7 Å². The van der Waals surface area contributed by atoms with Crippen LogP contribution in [0.1, 0.15) is 121 Å². The number of amides is 3. The molecule has 13 rings (SSSR count). The van der Waals surface area contributed by atoms with E-state index in [1.807, 2.05) is 89.5 Å². The summed E-state index contributed by atoms with van der Waals surface area (Å²) in [4.78, 5) is 72.7. The summed E-state index contributed by atoms with van der Waals surface area (Å²) >= 11 is 1.58. The highest BCUT2D eigenvalue weighted by Crippen LogP contribution is 2.45. The smallest absolute Gasteiger partial charge is 0.410 e. The van der Waals surface area contributed by atoms with Gasteiger partial charge in [0.2, 0.25) is 11.8 Å². The quantitative estimate of drug-likeness (QED) is 0.0706. The van der Waals surface area contributed by atoms with Crippen LogP contribution in [0.5, 0.6) is 11.8 Å². The van der Waals surface area contributed by atoms with Crippen molar-refractivity contribution in [2.24, 2.45) is 5.92 Å². The van der Waals surface area contributed by atoms with Crippen LogP contribution in [0.3, 0.4) is 0 Å². The van der Waals surface area contributed by atoms with Crippen molar-refractivity contribution in [3.8, 4) is 33.5 Å². The second kappa shape index (κ2) is 24.1. The molecule has 0 spiro atoms. The van der Waals surface area contributed by atoms with E-state index >= 15 is 4.39 Å². The Balaban J connectivity index is 0.650. The fourth-order valence-corrected chi connectivity index (χ4v) is 15.9. The minimum Gasteiger partial charge on any atom is -0.508 e. The predicted molar refractivity (Wildman–Crippen MR) is 334 cm³/mol. The van der Waals surface area contributed by atoms with Crippen molar-refractivity contribution in [3.05, 3.63) is 101 Å². The second-order valence-electron chi connectivity index (χ2n) is 25.8. The molecule has 10 heterocycles. The van der Waals surface area contributed by atoms with Crippen LogP contribution in [-0.2, 0) is 20.7 Å². The number of phenols is 1. The van der Waals surface area contributed by atoms with Gasteiger partial charge >= 0.3 is 12.1 Å². The van der Waals surface area contributed by atoms with Gasteiger partial charge in [0.1, 0.15) is 48.0 Å². The first-order chi connectivity index (χ1) is 42.4. The maximum Gasteiger partial charge on any atom is 0.410 e. The van der Waals surface area contributed by atoms with E-state index in [-0.39, 0.29) is 96.6 Å². The number of nitrogens with zero attached hydrogens (tertiary/aromatic N) is 10. The van der Waals surface area contributed by atoms with Crippen LogP contribution in [0.4, 0.5) is 20.8 Å². The SMILES string of the molecule is CCc1cccc2cc(O)cc(-c3ncc4c(N5CC6CCC(C5)N6)nc(OC[C@@]56CCCN5[C@H](COC(=O)N5C[C@@H](C)N(c7cc([C@H](C(=O)N8C[C@H](O)C[C@H]8C(=O)N[C@@H](C)c8ccc(-c9scnc9C)cc8)C(C)C)on7)C[C@@H]5C)CC6)nc4c3F)c12. The molecule has 3 aromatic carbocycles. The molecule has 6 aliphatic rings. The van der Waals surface area contributed by atoms with Crippen LogP contribution >= 0.6 is 11.3 Å². The number of phenolic OH excluding ortho intramolecular Hbond substituents is 1. The number of aromatic nitrogens is 5. The van der Waals surface area contributed by atoms with Gasteiger partial charge < -0.3 is 54.4 Å². The summed E-state index contributed by atoms with van der Waals surface area (Å²) in [6.45, 7) is 17.3. The third-order valence-corrected chi connectivity index (χ3v) is 20.6. The second-order valence-corrected chi connectivity index (χ2v) is 26.7. The molecule has 6 saturated heterocycles. The summed E-state index contributed by atoms with van der Waals surface area (Å²) in [7, 11) is 0. The minimum atomic E-state index is -0.873. The Hall–Kier alpha value is -7.53. The van der Waals surface area contributed by atoms with Gasteiger partial charge in [-0.05, 0) is 125 Å². The number of anilines is 2. The lowest BCUT2D eigenvalue weighted by Gasteiger charge is -2.43. The number of aryl methyl sites for hydroxylation is 2. The van der Waals surface area contributed by atoms with Crippen LogP contribution < -0.4 is 25.2 Å². The lowest BCUT2D eigenvalue weighted by atomic mass is 9.91. The Kier molecular flexibility index (Phi) is 16.3. The number of carbonyl (C=O) groups excluding carboxylic acids is 3. The number of hydrogen-bond donors (Lipinski definition) is 4. The molecule has 0 radical (unpaired) electrons. The Bertz CT molecular complexity index is 3760. The first-order valence-electron chi connectivity index (χ1n) is 31.4. The van der Waals surface area contributed by atoms with E-state index in [0.29, 0.717) is 73.0 Å². The molecule has 0 aliphatic carbocycles. The lowest BCUT2D eigenvalue weighted by Crippen LogP contribution is -2.58. The van der Waals surface area contributed by atoms with Crippen molar-refractivity contribution in [2.45, 2.75) is 160 Å². The van der Waals surface area contributed by atoms with Crippen LogP contribution in [0.2, 0.25) is 0 Å². The summed E-state index contributed by atoms with van der Waals surface area (Å²) in [5.74, 6) is -0.736. The highest BCUT2D eigenvalue weighted by atomic mass is 32.1. The van der Waals surface area contributed by atoms with Gasteiger partial charge in [0.05, 0.1) is 39.2 Å². The van der Waals surface area contributed by atoms with E-state index in [9.17, 15) is 24.6 Å². The number of likely N-dealkylation sites (tertiary alicyclic amines) is 1. The summed E-state index contributed by atoms with van der Waals surface area (Å²) in [6, 6.07) is 18.0. The van der Waals surface area contributed by atoms with Gasteiger partial charge in [0.25, 0.3) is 0 Å². The number of pyridine rings is 1. The van der Waals surface area contributed by atoms with Gasteiger partial charge in [-0.15, -0.1) is 11.3 Å². The molecule has 464 valence electrons. The van der Waals surface area contributed by atoms with Crippen molar-refractivity contribution in [1.82, 2.24) is 50.4 Å². The molecule has 2 bridgehead atoms. The Morgan fingerprint density at radius 2 is 1.74 bits per heavy atom. The summed E-state index contributed by atoms with van der Waals surface area (Å²) in [5.41, 5.74) is 6.14. The number of benzene rings is 3. The number of rotatable bonds is 16. The summed E-state index contributed by atoms with van der Waals surface area (Å²) in [6.07, 6.45) is 6.79. The largest absolute Gasteiger partial charge is 0.508 e. The standard InChI is InChI=1S/C66H79FN12O8S/c1-8-41-11-9-12-44-23-48(80)24-50(56(41)44)58-57(67)59-51(27-68-58)61(75-30-45-17-18-46(31-75)71-45)73-64(72-59)86-34-66-20-10-22-79(66)47(19-21-66)33-85-65(84)77-29-37(4)76(28-38(77)5)54-26-53(87-74-54)55(36(2)3)63(83)78-32-49(81)25-52(78)62(82)70-39(6)42-13-15-43(16-14-42)60-40(7)69-35-88-60/h9,11-16,23-24,26-27,35-39,45-47,49,52,55,71,80-81H,8,10,17-22,25,28-34H2,1-7H3,(H,70,82)/t37-,38+,39+,45?,46?,47+,49-,52+,55-,66+/m1/s1. The monoisotopic (exact) mass is 1220 g/mol. The highest BCUT2D eigenvalue weighted by Gasteiger charge is 2.51. The van der Waals surface area contributed by atoms with Crippen molar-refractivity contribution < 1.29 is 43.0 Å². The maximum atomic E-state index is 17.4. The predicted octanol–water partition coefficient (Wildman–Crippen LogP) is 9.30. The fourth-order valence-electron chi connectivity index (χ4n) is 15.1. The minimum absolute atomic E-state index is 0.0186. The Labute approximate surface area is 515 Å². The van der Waals surface area contributed by atoms with Gasteiger partial charge in [0, 0.05) is 87.2 Å². The number of ether oxygens (including phenoxy) is 2. The van der Waals surface area contributed by atoms with E-state index < -0.39 is 30.0 Å². The van der Waals surface area contributed by atoms with E-state index in [1.54, 1.807) is 40.6 Å². The van der Waals surface area contributed by atoms with Crippen molar-refractivity contribution in [3.63, 3.8) is 0 Å². The molecular weight excluding hydrogens is 1140 g/mol. The molecule has 3 amide bonds. The zero-order chi connectivity index (χ0) is 61.3. The number of carbonyl (C=O) groups is 3. The molecule has 7 aromatic rings. The molecule has 0 saturated carbocycles. The van der Waals surface area contributed by atoms with Crippen molar-refractivity contribution in [2.75, 3.05) is 62.3 Å².